The van der Waals surface area contributed by atoms with E-state index >= 15 is 0 Å². The number of nitrogens with zero attached hydrogens (tertiary/aromatic N) is 1. The van der Waals surface area contributed by atoms with Crippen molar-refractivity contribution in [3.8, 4) is 0 Å². The van der Waals surface area contributed by atoms with Crippen molar-refractivity contribution in [2.45, 2.75) is 25.1 Å². The maximum atomic E-state index is 13.1. The van der Waals surface area contributed by atoms with E-state index in [1.165, 1.54) is 30.5 Å². The number of pyridine rings is 1. The highest BCUT2D eigenvalue weighted by Crippen LogP contribution is 2.34. The number of para-hydroxylation sites is 1. The average Bonchev–Trinajstić information content (AvgIpc) is 3.19. The largest absolute Gasteiger partial charge is 0.418 e. The third kappa shape index (κ3) is 4.86. The van der Waals surface area contributed by atoms with Crippen LogP contribution in [0.1, 0.15) is 39.3 Å². The molecule has 1 aliphatic heterocycles. The molecule has 3 rings (SSSR count). The van der Waals surface area contributed by atoms with E-state index in [1.54, 1.807) is 0 Å². The number of hydrogen-bond acceptors (Lipinski definition) is 4. The van der Waals surface area contributed by atoms with Crippen LogP contribution in [0.3, 0.4) is 0 Å². The minimum atomic E-state index is -4.61. The predicted molar refractivity (Wildman–Crippen MR) is 94.9 cm³/mol. The topological polar surface area (TPSA) is 80.3 Å². The van der Waals surface area contributed by atoms with Gasteiger partial charge in [0.2, 0.25) is 0 Å². The normalized spacial score (nSPS) is 16.6. The number of hydrogen-bond donors (Lipinski definition) is 2. The lowest BCUT2D eigenvalue weighted by molar-refractivity contribution is -0.136. The molecule has 1 fully saturated rings. The summed E-state index contributed by atoms with van der Waals surface area (Å²) in [5.41, 5.74) is -1.33. The fourth-order valence-electron chi connectivity index (χ4n) is 2.84. The smallest absolute Gasteiger partial charge is 0.376 e. The van der Waals surface area contributed by atoms with Gasteiger partial charge in [0.25, 0.3) is 11.8 Å². The molecule has 28 heavy (non-hydrogen) atoms. The van der Waals surface area contributed by atoms with Gasteiger partial charge in [0.15, 0.2) is 0 Å². The van der Waals surface area contributed by atoms with Crippen molar-refractivity contribution in [1.29, 1.82) is 0 Å². The van der Waals surface area contributed by atoms with Crippen molar-refractivity contribution in [3.63, 3.8) is 0 Å². The van der Waals surface area contributed by atoms with Gasteiger partial charge in [-0.15, -0.1) is 0 Å². The number of benzene rings is 1. The summed E-state index contributed by atoms with van der Waals surface area (Å²) in [6.45, 7) is 1.02. The highest BCUT2D eigenvalue weighted by molar-refractivity contribution is 6.05. The maximum Gasteiger partial charge on any atom is 0.418 e. The van der Waals surface area contributed by atoms with Gasteiger partial charge in [-0.1, -0.05) is 12.1 Å². The van der Waals surface area contributed by atoms with Crippen LogP contribution in [0, 0.1) is 0 Å². The molecule has 148 valence electrons. The quantitative estimate of drug-likeness (QED) is 0.817. The lowest BCUT2D eigenvalue weighted by Crippen LogP contribution is -2.32. The van der Waals surface area contributed by atoms with Crippen LogP contribution < -0.4 is 10.6 Å². The highest BCUT2D eigenvalue weighted by Gasteiger charge is 2.33. The number of carbonyl (C=O) groups is 2. The molecule has 1 saturated heterocycles. The van der Waals surface area contributed by atoms with E-state index in [0.29, 0.717) is 13.2 Å². The van der Waals surface area contributed by atoms with E-state index in [4.69, 9.17) is 4.74 Å². The Kier molecular flexibility index (Phi) is 5.93. The Morgan fingerprint density at radius 3 is 2.68 bits per heavy atom. The summed E-state index contributed by atoms with van der Waals surface area (Å²) in [7, 11) is 0. The molecule has 1 aliphatic rings. The van der Waals surface area contributed by atoms with E-state index in [1.807, 2.05) is 0 Å². The Balaban J connectivity index is 1.70. The van der Waals surface area contributed by atoms with E-state index in [0.717, 1.165) is 25.0 Å². The number of halogens is 3. The minimum Gasteiger partial charge on any atom is -0.376 e. The second-order valence-corrected chi connectivity index (χ2v) is 6.27. The summed E-state index contributed by atoms with van der Waals surface area (Å²) >= 11 is 0. The second-order valence-electron chi connectivity index (χ2n) is 6.27. The maximum absolute atomic E-state index is 13.1. The molecule has 6 nitrogen and oxygen atoms in total. The molecule has 2 heterocycles. The van der Waals surface area contributed by atoms with Crippen molar-refractivity contribution in [2.75, 3.05) is 18.5 Å². The standard InChI is InChI=1S/C19H18F3N3O3/c20-19(21,22)14-5-1-2-6-15(14)25-18(27)16-10-12(7-8-23-16)17(26)24-11-13-4-3-9-28-13/h1-2,5-8,10,13H,3-4,9,11H2,(H,24,26)(H,25,27). The second kappa shape index (κ2) is 8.39. The SMILES string of the molecule is O=C(NCC1CCCO1)c1ccnc(C(=O)Nc2ccccc2C(F)(F)F)c1. The first-order chi connectivity index (χ1) is 13.3. The molecular formula is C19H18F3N3O3. The number of aromatic nitrogens is 1. The van der Waals surface area contributed by atoms with Crippen LogP contribution in [0.15, 0.2) is 42.6 Å². The van der Waals surface area contributed by atoms with Gasteiger partial charge < -0.3 is 15.4 Å². The fraction of sp³-hybridized carbons (Fsp3) is 0.316. The number of alkyl halides is 3. The zero-order valence-corrected chi connectivity index (χ0v) is 14.8. The molecule has 2 N–H and O–H groups in total. The van der Waals surface area contributed by atoms with Gasteiger partial charge in [0, 0.05) is 24.9 Å². The summed E-state index contributed by atoms with van der Waals surface area (Å²) in [4.78, 5) is 28.4. The molecule has 0 bridgehead atoms. The monoisotopic (exact) mass is 393 g/mol. The number of rotatable bonds is 5. The van der Waals surface area contributed by atoms with Gasteiger partial charge >= 0.3 is 6.18 Å². The van der Waals surface area contributed by atoms with E-state index in [9.17, 15) is 22.8 Å². The molecule has 1 aromatic heterocycles. The van der Waals surface area contributed by atoms with Crippen molar-refractivity contribution in [1.82, 2.24) is 10.3 Å². The molecule has 0 aliphatic carbocycles. The average molecular weight is 393 g/mol. The van der Waals surface area contributed by atoms with Crippen LogP contribution in [-0.2, 0) is 10.9 Å². The number of anilines is 1. The fourth-order valence-corrected chi connectivity index (χ4v) is 2.84. The minimum absolute atomic E-state index is 0.0348. The first-order valence-corrected chi connectivity index (χ1v) is 8.68. The van der Waals surface area contributed by atoms with Crippen LogP contribution in [0.4, 0.5) is 18.9 Å². The molecule has 2 aromatic rings. The van der Waals surface area contributed by atoms with Gasteiger partial charge in [-0.3, -0.25) is 14.6 Å². The number of ether oxygens (including phenoxy) is 1. The Bertz CT molecular complexity index is 865. The Labute approximate surface area is 159 Å². The van der Waals surface area contributed by atoms with Gasteiger partial charge in [-0.2, -0.15) is 13.2 Å². The molecule has 0 spiro atoms. The van der Waals surface area contributed by atoms with Crippen molar-refractivity contribution in [2.24, 2.45) is 0 Å². The summed E-state index contributed by atoms with van der Waals surface area (Å²) in [5.74, 6) is -1.26. The Morgan fingerprint density at radius 1 is 1.18 bits per heavy atom. The number of amides is 2. The molecule has 0 radical (unpaired) electrons. The van der Waals surface area contributed by atoms with Crippen LogP contribution in [-0.4, -0.2) is 36.1 Å². The molecule has 0 saturated carbocycles. The molecule has 1 aromatic carbocycles. The first-order valence-electron chi connectivity index (χ1n) is 8.68. The van der Waals surface area contributed by atoms with Gasteiger partial charge in [0.05, 0.1) is 17.4 Å². The predicted octanol–water partition coefficient (Wildman–Crippen LogP) is 3.26. The van der Waals surface area contributed by atoms with Gasteiger partial charge in [-0.25, -0.2) is 0 Å². The first kappa shape index (κ1) is 19.8. The third-order valence-corrected chi connectivity index (χ3v) is 4.25. The molecular weight excluding hydrogens is 375 g/mol. The summed E-state index contributed by atoms with van der Waals surface area (Å²) in [5, 5.41) is 4.92. The lowest BCUT2D eigenvalue weighted by atomic mass is 10.1. The summed E-state index contributed by atoms with van der Waals surface area (Å²) in [6.07, 6.45) is -1.58. The number of carbonyl (C=O) groups excluding carboxylic acids is 2. The summed E-state index contributed by atoms with van der Waals surface area (Å²) in [6, 6.07) is 7.29. The van der Waals surface area contributed by atoms with Crippen LogP contribution >= 0.6 is 0 Å². The van der Waals surface area contributed by atoms with Crippen LogP contribution in [0.2, 0.25) is 0 Å². The Morgan fingerprint density at radius 2 is 1.96 bits per heavy atom. The summed E-state index contributed by atoms with van der Waals surface area (Å²) < 4.78 is 44.6. The van der Waals surface area contributed by atoms with Gasteiger partial charge in [-0.05, 0) is 37.1 Å². The van der Waals surface area contributed by atoms with Crippen molar-refractivity contribution >= 4 is 17.5 Å². The van der Waals surface area contributed by atoms with Crippen LogP contribution in [0.5, 0.6) is 0 Å². The van der Waals surface area contributed by atoms with E-state index < -0.39 is 23.6 Å². The lowest BCUT2D eigenvalue weighted by Gasteiger charge is -2.13. The Hall–Kier alpha value is -2.94. The zero-order chi connectivity index (χ0) is 20.1. The molecule has 2 amide bonds. The molecule has 1 atom stereocenters. The molecule has 9 heteroatoms. The van der Waals surface area contributed by atoms with E-state index in [-0.39, 0.29) is 23.0 Å². The van der Waals surface area contributed by atoms with Gasteiger partial charge in [0.1, 0.15) is 5.69 Å². The highest BCUT2D eigenvalue weighted by atomic mass is 19.4. The molecule has 1 unspecified atom stereocenters. The number of nitrogens with one attached hydrogen (secondary N) is 2. The van der Waals surface area contributed by atoms with Crippen molar-refractivity contribution < 1.29 is 27.5 Å². The van der Waals surface area contributed by atoms with Crippen LogP contribution in [0.25, 0.3) is 0 Å². The van der Waals surface area contributed by atoms with Crippen molar-refractivity contribution in [3.05, 3.63) is 59.4 Å². The zero-order valence-electron chi connectivity index (χ0n) is 14.8. The third-order valence-electron chi connectivity index (χ3n) is 4.25. The van der Waals surface area contributed by atoms with E-state index in [2.05, 4.69) is 15.6 Å².